The van der Waals surface area contributed by atoms with Gasteiger partial charge in [0, 0.05) is 0 Å². The zero-order chi connectivity index (χ0) is 13.5. The zero-order valence-corrected chi connectivity index (χ0v) is 11.0. The lowest BCUT2D eigenvalue weighted by Crippen LogP contribution is -2.39. The fourth-order valence-electron chi connectivity index (χ4n) is 1.31. The quantitative estimate of drug-likeness (QED) is 0.642. The van der Waals surface area contributed by atoms with Gasteiger partial charge in [0.05, 0.1) is 13.2 Å². The number of hydrogen-bond donors (Lipinski definition) is 2. The van der Waals surface area contributed by atoms with Crippen LogP contribution in [-0.2, 0) is 9.53 Å². The number of esters is 1. The Labute approximate surface area is 111 Å². The predicted octanol–water partition coefficient (Wildman–Crippen LogP) is 1.52. The molecular weight excluding hydrogens is 255 g/mol. The molecule has 1 rings (SSSR count). The molecule has 0 bridgehead atoms. The molecule has 6 heteroatoms. The molecule has 18 heavy (non-hydrogen) atoms. The molecule has 0 aromatic heterocycles. The molecule has 98 valence electrons. The van der Waals surface area contributed by atoms with E-state index in [1.165, 1.54) is 19.2 Å². The molecule has 0 aliphatic rings. The first-order chi connectivity index (χ1) is 8.52. The van der Waals surface area contributed by atoms with Gasteiger partial charge in [-0.25, -0.2) is 4.39 Å². The molecule has 0 saturated carbocycles. The molecule has 1 unspecified atom stereocenters. The van der Waals surface area contributed by atoms with Gasteiger partial charge in [-0.3, -0.25) is 4.79 Å². The van der Waals surface area contributed by atoms with Crippen molar-refractivity contribution < 1.29 is 13.9 Å². The Kier molecular flexibility index (Phi) is 5.51. The van der Waals surface area contributed by atoms with Crippen molar-refractivity contribution in [2.75, 3.05) is 13.7 Å². The van der Waals surface area contributed by atoms with Gasteiger partial charge in [0.2, 0.25) is 0 Å². The molecule has 0 fully saturated rings. The van der Waals surface area contributed by atoms with Gasteiger partial charge in [-0.05, 0) is 36.8 Å². The number of nitrogens with one attached hydrogen (secondary N) is 2. The highest BCUT2D eigenvalue weighted by molar-refractivity contribution is 7.80. The van der Waals surface area contributed by atoms with E-state index in [4.69, 9.17) is 12.2 Å². The lowest BCUT2D eigenvalue weighted by molar-refractivity contribution is -0.139. The molecule has 4 nitrogen and oxygen atoms in total. The summed E-state index contributed by atoms with van der Waals surface area (Å²) in [5.41, 5.74) is 0.901. The zero-order valence-electron chi connectivity index (χ0n) is 10.2. The molecule has 1 aromatic carbocycles. The summed E-state index contributed by atoms with van der Waals surface area (Å²) >= 11 is 5.02. The van der Waals surface area contributed by atoms with Crippen LogP contribution in [-0.4, -0.2) is 24.7 Å². The van der Waals surface area contributed by atoms with Crippen molar-refractivity contribution in [1.29, 1.82) is 0 Å². The number of thiocarbonyl (C=S) groups is 1. The molecule has 0 radical (unpaired) electrons. The Bertz CT molecular complexity index is 423. The summed E-state index contributed by atoms with van der Waals surface area (Å²) in [6.45, 7) is 1.90. The fraction of sp³-hybridized carbons (Fsp3) is 0.333. The maximum absolute atomic E-state index is 12.8. The van der Waals surface area contributed by atoms with E-state index in [1.807, 2.05) is 6.92 Å². The lowest BCUT2D eigenvalue weighted by atomic mass is 10.1. The predicted molar refractivity (Wildman–Crippen MR) is 70.6 cm³/mol. The van der Waals surface area contributed by atoms with Gasteiger partial charge in [-0.2, -0.15) is 0 Å². The van der Waals surface area contributed by atoms with Crippen molar-refractivity contribution >= 4 is 23.3 Å². The van der Waals surface area contributed by atoms with Crippen LogP contribution in [0.15, 0.2) is 24.3 Å². The Balaban J connectivity index is 2.44. The number of rotatable bonds is 4. The van der Waals surface area contributed by atoms with E-state index in [0.29, 0.717) is 5.11 Å². The van der Waals surface area contributed by atoms with E-state index in [2.05, 4.69) is 15.4 Å². The van der Waals surface area contributed by atoms with Crippen molar-refractivity contribution in [3.63, 3.8) is 0 Å². The molecule has 0 amide bonds. The van der Waals surface area contributed by atoms with E-state index in [-0.39, 0.29) is 18.4 Å². The lowest BCUT2D eigenvalue weighted by Gasteiger charge is -2.16. The fourth-order valence-corrected chi connectivity index (χ4v) is 1.56. The maximum Gasteiger partial charge on any atom is 0.325 e. The van der Waals surface area contributed by atoms with E-state index in [9.17, 15) is 9.18 Å². The third-order valence-corrected chi connectivity index (χ3v) is 2.60. The summed E-state index contributed by atoms with van der Waals surface area (Å²) in [7, 11) is 1.31. The van der Waals surface area contributed by atoms with E-state index >= 15 is 0 Å². The standard InChI is InChI=1S/C12H15FN2O2S/c1-8(9-3-5-10(13)6-4-9)15-12(18)14-7-11(16)17-2/h3-6,8H,7H2,1-2H3,(H2,14,15,18). The SMILES string of the molecule is COC(=O)CNC(=S)NC(C)c1ccc(F)cc1. The van der Waals surface area contributed by atoms with Crippen LogP contribution in [0.4, 0.5) is 4.39 Å². The maximum atomic E-state index is 12.8. The number of methoxy groups -OCH3 is 1. The summed E-state index contributed by atoms with van der Waals surface area (Å²) in [6, 6.07) is 6.05. The monoisotopic (exact) mass is 270 g/mol. The Morgan fingerprint density at radius 1 is 1.44 bits per heavy atom. The Morgan fingerprint density at radius 2 is 2.06 bits per heavy atom. The number of carbonyl (C=O) groups excluding carboxylic acids is 1. The van der Waals surface area contributed by atoms with Crippen LogP contribution in [0.3, 0.4) is 0 Å². The second-order valence-corrected chi connectivity index (χ2v) is 4.08. The topological polar surface area (TPSA) is 50.4 Å². The second-order valence-electron chi connectivity index (χ2n) is 3.68. The van der Waals surface area contributed by atoms with Crippen molar-refractivity contribution in [2.24, 2.45) is 0 Å². The average Bonchev–Trinajstić information content (AvgIpc) is 2.36. The number of hydrogen-bond acceptors (Lipinski definition) is 3. The highest BCUT2D eigenvalue weighted by Crippen LogP contribution is 2.12. The smallest absolute Gasteiger partial charge is 0.325 e. The minimum atomic E-state index is -0.395. The molecule has 0 heterocycles. The minimum absolute atomic E-state index is 0.0124. The van der Waals surface area contributed by atoms with Crippen molar-refractivity contribution in [2.45, 2.75) is 13.0 Å². The molecule has 1 aromatic rings. The largest absolute Gasteiger partial charge is 0.468 e. The number of halogens is 1. The summed E-state index contributed by atoms with van der Waals surface area (Å²) in [5, 5.41) is 6.05. The van der Waals surface area contributed by atoms with E-state index in [0.717, 1.165) is 5.56 Å². The first kappa shape index (κ1) is 14.4. The first-order valence-corrected chi connectivity index (χ1v) is 5.80. The summed E-state index contributed by atoms with van der Waals surface area (Å²) in [5.74, 6) is -0.675. The summed E-state index contributed by atoms with van der Waals surface area (Å²) in [6.07, 6.45) is 0. The van der Waals surface area contributed by atoms with Gasteiger partial charge < -0.3 is 15.4 Å². The molecule has 0 aliphatic heterocycles. The van der Waals surface area contributed by atoms with Crippen LogP contribution in [0.2, 0.25) is 0 Å². The Morgan fingerprint density at radius 3 is 2.61 bits per heavy atom. The third-order valence-electron chi connectivity index (χ3n) is 2.34. The van der Waals surface area contributed by atoms with Crippen LogP contribution < -0.4 is 10.6 Å². The first-order valence-electron chi connectivity index (χ1n) is 5.39. The van der Waals surface area contributed by atoms with Crippen molar-refractivity contribution in [3.8, 4) is 0 Å². The number of carbonyl (C=O) groups is 1. The van der Waals surface area contributed by atoms with Gasteiger partial charge in [-0.1, -0.05) is 12.1 Å². The molecule has 1 atom stereocenters. The second kappa shape index (κ2) is 6.90. The number of ether oxygens (including phenoxy) is 1. The van der Waals surface area contributed by atoms with Gasteiger partial charge in [0.25, 0.3) is 0 Å². The Hall–Kier alpha value is -1.69. The normalized spacial score (nSPS) is 11.5. The minimum Gasteiger partial charge on any atom is -0.468 e. The van der Waals surface area contributed by atoms with E-state index in [1.54, 1.807) is 12.1 Å². The van der Waals surface area contributed by atoms with Crippen LogP contribution in [0.5, 0.6) is 0 Å². The van der Waals surface area contributed by atoms with Gasteiger partial charge in [0.15, 0.2) is 5.11 Å². The average molecular weight is 270 g/mol. The van der Waals surface area contributed by atoms with Crippen LogP contribution >= 0.6 is 12.2 Å². The van der Waals surface area contributed by atoms with Gasteiger partial charge in [0.1, 0.15) is 12.4 Å². The van der Waals surface area contributed by atoms with Crippen LogP contribution in [0.25, 0.3) is 0 Å². The van der Waals surface area contributed by atoms with Crippen LogP contribution in [0.1, 0.15) is 18.5 Å². The molecule has 0 spiro atoms. The molecule has 0 aliphatic carbocycles. The molecular formula is C12H15FN2O2S. The van der Waals surface area contributed by atoms with Crippen molar-refractivity contribution in [3.05, 3.63) is 35.6 Å². The van der Waals surface area contributed by atoms with Gasteiger partial charge in [-0.15, -0.1) is 0 Å². The third kappa shape index (κ3) is 4.67. The molecule has 2 N–H and O–H groups in total. The van der Waals surface area contributed by atoms with Crippen molar-refractivity contribution in [1.82, 2.24) is 10.6 Å². The highest BCUT2D eigenvalue weighted by atomic mass is 32.1. The highest BCUT2D eigenvalue weighted by Gasteiger charge is 2.08. The van der Waals surface area contributed by atoms with Gasteiger partial charge >= 0.3 is 5.97 Å². The number of benzene rings is 1. The van der Waals surface area contributed by atoms with E-state index < -0.39 is 5.97 Å². The summed E-state index contributed by atoms with van der Waals surface area (Å²) < 4.78 is 17.2. The summed E-state index contributed by atoms with van der Waals surface area (Å²) in [4.78, 5) is 10.9. The van der Waals surface area contributed by atoms with Crippen LogP contribution in [0, 0.1) is 5.82 Å². The molecule has 0 saturated heterocycles.